The van der Waals surface area contributed by atoms with Crippen LogP contribution in [0.2, 0.25) is 5.28 Å². The number of benzene rings is 1. The van der Waals surface area contributed by atoms with Crippen LogP contribution in [0.3, 0.4) is 0 Å². The quantitative estimate of drug-likeness (QED) is 0.267. The fourth-order valence-corrected chi connectivity index (χ4v) is 4.06. The number of anilines is 1. The number of ether oxygens (including phenoxy) is 4. The van der Waals surface area contributed by atoms with Crippen molar-refractivity contribution in [3.63, 3.8) is 0 Å². The maximum atomic E-state index is 11.9. The lowest BCUT2D eigenvalue weighted by Gasteiger charge is -2.23. The second-order valence-electron chi connectivity index (χ2n) is 8.02. The Morgan fingerprint density at radius 1 is 1.03 bits per heavy atom. The monoisotopic (exact) mass is 517 g/mol. The third-order valence-electron chi connectivity index (χ3n) is 5.31. The molecule has 0 spiro atoms. The molecule has 1 aliphatic heterocycles. The zero-order chi connectivity index (χ0) is 25.8. The largest absolute Gasteiger partial charge is 0.463 e. The van der Waals surface area contributed by atoms with Crippen LogP contribution in [0.4, 0.5) is 5.82 Å². The van der Waals surface area contributed by atoms with Gasteiger partial charge in [0.1, 0.15) is 12.7 Å². The molecular weight excluding hydrogens is 494 g/mol. The van der Waals surface area contributed by atoms with Gasteiger partial charge in [0.2, 0.25) is 5.28 Å². The van der Waals surface area contributed by atoms with Crippen molar-refractivity contribution in [3.05, 3.63) is 47.5 Å². The molecule has 36 heavy (non-hydrogen) atoms. The third kappa shape index (κ3) is 5.71. The number of carbonyl (C=O) groups excluding carboxylic acids is 3. The first kappa shape index (κ1) is 25.3. The van der Waals surface area contributed by atoms with Crippen LogP contribution in [-0.4, -0.2) is 62.3 Å². The first-order valence-electron chi connectivity index (χ1n) is 11.0. The number of nitrogens with one attached hydrogen (secondary N) is 1. The lowest BCUT2D eigenvalue weighted by atomic mass is 10.1. The van der Waals surface area contributed by atoms with Gasteiger partial charge in [-0.15, -0.1) is 0 Å². The van der Waals surface area contributed by atoms with E-state index in [9.17, 15) is 14.4 Å². The minimum Gasteiger partial charge on any atom is -0.463 e. The first-order chi connectivity index (χ1) is 17.2. The number of aromatic nitrogens is 4. The molecule has 1 saturated heterocycles. The fourth-order valence-electron chi connectivity index (χ4n) is 3.90. The molecule has 1 aromatic carbocycles. The SMILES string of the molecule is CC(=O)OC[C@H]1O[C@@H](n2cnc3c(NCc4ccccc4)nc(Cl)nc32)[C@H](OC(C)=O)[C@@H]1OC(C)=O. The molecular formula is C23H24ClN5O7. The molecule has 1 aliphatic rings. The smallest absolute Gasteiger partial charge is 0.303 e. The molecule has 1 N–H and O–H groups in total. The maximum absolute atomic E-state index is 11.9. The van der Waals surface area contributed by atoms with Gasteiger partial charge < -0.3 is 24.3 Å². The Balaban J connectivity index is 1.70. The lowest BCUT2D eigenvalue weighted by Crippen LogP contribution is -2.40. The minimum atomic E-state index is -1.08. The van der Waals surface area contributed by atoms with Crippen LogP contribution >= 0.6 is 11.6 Å². The normalized spacial score (nSPS) is 21.2. The summed E-state index contributed by atoms with van der Waals surface area (Å²) >= 11 is 6.22. The van der Waals surface area contributed by atoms with Gasteiger partial charge in [-0.25, -0.2) is 4.98 Å². The average molecular weight is 518 g/mol. The molecule has 0 saturated carbocycles. The molecule has 190 valence electrons. The number of fused-ring (bicyclic) bond motifs is 1. The van der Waals surface area contributed by atoms with Crippen molar-refractivity contribution in [1.29, 1.82) is 0 Å². The Morgan fingerprint density at radius 3 is 2.39 bits per heavy atom. The van der Waals surface area contributed by atoms with Gasteiger partial charge in [0.05, 0.1) is 6.33 Å². The number of halogens is 1. The van der Waals surface area contributed by atoms with Crippen LogP contribution < -0.4 is 5.32 Å². The van der Waals surface area contributed by atoms with Gasteiger partial charge in [-0.3, -0.25) is 19.0 Å². The maximum Gasteiger partial charge on any atom is 0.303 e. The highest BCUT2D eigenvalue weighted by Gasteiger charge is 2.51. The van der Waals surface area contributed by atoms with Crippen molar-refractivity contribution in [2.75, 3.05) is 11.9 Å². The molecule has 1 fully saturated rings. The molecule has 0 amide bonds. The van der Waals surface area contributed by atoms with E-state index in [2.05, 4.69) is 20.3 Å². The number of imidazole rings is 1. The van der Waals surface area contributed by atoms with E-state index < -0.39 is 42.4 Å². The van der Waals surface area contributed by atoms with Gasteiger partial charge in [-0.05, 0) is 17.2 Å². The molecule has 2 aromatic heterocycles. The van der Waals surface area contributed by atoms with Gasteiger partial charge in [0.15, 0.2) is 35.4 Å². The van der Waals surface area contributed by atoms with Gasteiger partial charge >= 0.3 is 17.9 Å². The van der Waals surface area contributed by atoms with E-state index in [0.29, 0.717) is 23.5 Å². The Kier molecular flexibility index (Phi) is 7.65. The molecule has 3 heterocycles. The summed E-state index contributed by atoms with van der Waals surface area (Å²) in [5.41, 5.74) is 1.71. The molecule has 4 atom stereocenters. The molecule has 0 unspecified atom stereocenters. The first-order valence-corrected chi connectivity index (χ1v) is 11.4. The number of nitrogens with zero attached hydrogens (tertiary/aromatic N) is 4. The fraction of sp³-hybridized carbons (Fsp3) is 0.391. The molecule has 4 rings (SSSR count). The molecule has 0 radical (unpaired) electrons. The van der Waals surface area contributed by atoms with Crippen LogP contribution in [0.25, 0.3) is 11.2 Å². The summed E-state index contributed by atoms with van der Waals surface area (Å²) in [6, 6.07) is 9.68. The minimum absolute atomic E-state index is 0.0464. The van der Waals surface area contributed by atoms with Crippen LogP contribution in [0, 0.1) is 0 Å². The van der Waals surface area contributed by atoms with Crippen molar-refractivity contribution >= 4 is 46.5 Å². The summed E-state index contributed by atoms with van der Waals surface area (Å²) in [6.45, 7) is 3.91. The third-order valence-corrected chi connectivity index (χ3v) is 5.48. The Morgan fingerprint density at radius 2 is 1.72 bits per heavy atom. The van der Waals surface area contributed by atoms with E-state index in [1.54, 1.807) is 0 Å². The van der Waals surface area contributed by atoms with Gasteiger partial charge in [0, 0.05) is 27.3 Å². The lowest BCUT2D eigenvalue weighted by molar-refractivity contribution is -0.166. The van der Waals surface area contributed by atoms with Crippen molar-refractivity contribution in [2.45, 2.75) is 51.9 Å². The number of esters is 3. The van der Waals surface area contributed by atoms with Crippen LogP contribution in [0.15, 0.2) is 36.7 Å². The van der Waals surface area contributed by atoms with E-state index in [1.807, 2.05) is 30.3 Å². The van der Waals surface area contributed by atoms with Crippen molar-refractivity contribution < 1.29 is 33.3 Å². The summed E-state index contributed by atoms with van der Waals surface area (Å²) in [4.78, 5) is 48.1. The number of hydrogen-bond donors (Lipinski definition) is 1. The molecule has 0 aliphatic carbocycles. The van der Waals surface area contributed by atoms with E-state index in [4.69, 9.17) is 30.5 Å². The highest BCUT2D eigenvalue weighted by Crippen LogP contribution is 2.36. The topological polar surface area (TPSA) is 144 Å². The molecule has 3 aromatic rings. The van der Waals surface area contributed by atoms with Crippen molar-refractivity contribution in [1.82, 2.24) is 19.5 Å². The highest BCUT2D eigenvalue weighted by molar-refractivity contribution is 6.28. The second kappa shape index (κ2) is 10.9. The average Bonchev–Trinajstić information content (AvgIpc) is 3.37. The summed E-state index contributed by atoms with van der Waals surface area (Å²) < 4.78 is 23.6. The molecule has 12 nitrogen and oxygen atoms in total. The number of rotatable bonds is 8. The van der Waals surface area contributed by atoms with Gasteiger partial charge in [-0.1, -0.05) is 30.3 Å². The predicted octanol–water partition coefficient (Wildman–Crippen LogP) is 2.42. The van der Waals surface area contributed by atoms with E-state index in [-0.39, 0.29) is 11.9 Å². The van der Waals surface area contributed by atoms with Crippen LogP contribution in [-0.2, 0) is 39.9 Å². The summed E-state index contributed by atoms with van der Waals surface area (Å²) in [6.07, 6.45) is -2.64. The summed E-state index contributed by atoms with van der Waals surface area (Å²) in [5.74, 6) is -1.40. The standard InChI is InChI=1S/C23H24ClN5O7/c1-12(30)33-10-16-18(34-13(2)31)19(35-14(3)32)22(36-16)29-11-26-17-20(27-23(24)28-21(17)29)25-9-15-7-5-4-6-8-15/h4-8,11,16,18-19,22H,9-10H2,1-3H3,(H,25,27,28)/t16-,18-,19-,22-/m1/s1. The van der Waals surface area contributed by atoms with Crippen LogP contribution in [0.1, 0.15) is 32.6 Å². The number of carbonyl (C=O) groups is 3. The van der Waals surface area contributed by atoms with Crippen LogP contribution in [0.5, 0.6) is 0 Å². The van der Waals surface area contributed by atoms with E-state index >= 15 is 0 Å². The zero-order valence-corrected chi connectivity index (χ0v) is 20.5. The summed E-state index contributed by atoms with van der Waals surface area (Å²) in [5, 5.41) is 3.16. The van der Waals surface area contributed by atoms with Crippen molar-refractivity contribution in [3.8, 4) is 0 Å². The van der Waals surface area contributed by atoms with E-state index in [0.717, 1.165) is 5.56 Å². The molecule has 13 heteroatoms. The van der Waals surface area contributed by atoms with Gasteiger partial charge in [-0.2, -0.15) is 9.97 Å². The number of hydrogen-bond acceptors (Lipinski definition) is 11. The summed E-state index contributed by atoms with van der Waals surface area (Å²) in [7, 11) is 0. The van der Waals surface area contributed by atoms with Gasteiger partial charge in [0.25, 0.3) is 0 Å². The molecule has 0 bridgehead atoms. The zero-order valence-electron chi connectivity index (χ0n) is 19.7. The predicted molar refractivity (Wildman–Crippen MR) is 126 cm³/mol. The Bertz CT molecular complexity index is 1270. The van der Waals surface area contributed by atoms with Crippen molar-refractivity contribution in [2.24, 2.45) is 0 Å². The highest BCUT2D eigenvalue weighted by atomic mass is 35.5. The Hall–Kier alpha value is -3.77. The second-order valence-corrected chi connectivity index (χ2v) is 8.36. The Labute approximate surface area is 210 Å². The van der Waals surface area contributed by atoms with E-state index in [1.165, 1.54) is 31.7 Å².